The molecule has 22 heavy (non-hydrogen) atoms. The van der Waals surface area contributed by atoms with Crippen molar-refractivity contribution in [1.29, 1.82) is 0 Å². The molecule has 116 valence electrons. The van der Waals surface area contributed by atoms with Gasteiger partial charge in [-0.15, -0.1) is 0 Å². The predicted molar refractivity (Wildman–Crippen MR) is 88.1 cm³/mol. The number of H-pyrrole nitrogens is 1. The largest absolute Gasteiger partial charge is 0.383 e. The maximum Gasteiger partial charge on any atom is 0.176 e. The highest BCUT2D eigenvalue weighted by Crippen LogP contribution is 2.29. The predicted octanol–water partition coefficient (Wildman–Crippen LogP) is 3.31. The molecule has 5 heteroatoms. The number of imidazole rings is 2. The van der Waals surface area contributed by atoms with Crippen LogP contribution in [0.3, 0.4) is 0 Å². The summed E-state index contributed by atoms with van der Waals surface area (Å²) in [5.41, 5.74) is 7.27. The van der Waals surface area contributed by atoms with E-state index < -0.39 is 0 Å². The zero-order chi connectivity index (χ0) is 15.9. The Morgan fingerprint density at radius 1 is 1.09 bits per heavy atom. The molecule has 2 aromatic heterocycles. The summed E-state index contributed by atoms with van der Waals surface area (Å²) in [6.07, 6.45) is 3.76. The molecule has 2 heterocycles. The molecule has 0 fully saturated rings. The smallest absolute Gasteiger partial charge is 0.176 e. The lowest BCUT2D eigenvalue weighted by Gasteiger charge is -2.09. The lowest BCUT2D eigenvalue weighted by Crippen LogP contribution is -2.05. The van der Waals surface area contributed by atoms with Crippen molar-refractivity contribution in [1.82, 2.24) is 19.5 Å². The van der Waals surface area contributed by atoms with E-state index >= 15 is 0 Å². The number of fused-ring (bicyclic) bond motifs is 1. The van der Waals surface area contributed by atoms with Crippen LogP contribution in [0.4, 0.5) is 0 Å². The zero-order valence-corrected chi connectivity index (χ0v) is 13.8. The lowest BCUT2D eigenvalue weighted by atomic mass is 9.98. The summed E-state index contributed by atoms with van der Waals surface area (Å²) < 4.78 is 7.22. The Bertz CT molecular complexity index is 784. The van der Waals surface area contributed by atoms with Crippen molar-refractivity contribution >= 4 is 11.0 Å². The van der Waals surface area contributed by atoms with Gasteiger partial charge in [-0.25, -0.2) is 9.97 Å². The van der Waals surface area contributed by atoms with Gasteiger partial charge in [0, 0.05) is 26.0 Å². The molecule has 5 nitrogen and oxygen atoms in total. The number of aromatic amines is 1. The number of rotatable bonds is 4. The quantitative estimate of drug-likeness (QED) is 0.804. The number of methoxy groups -OCH3 is 1. The van der Waals surface area contributed by atoms with E-state index in [0.717, 1.165) is 29.2 Å². The van der Waals surface area contributed by atoms with Crippen molar-refractivity contribution in [2.24, 2.45) is 0 Å². The van der Waals surface area contributed by atoms with Gasteiger partial charge in [-0.2, -0.15) is 0 Å². The molecular formula is C17H22N4O. The number of aryl methyl sites for hydroxylation is 2. The summed E-state index contributed by atoms with van der Waals surface area (Å²) in [5.74, 6) is 1.66. The zero-order valence-electron chi connectivity index (χ0n) is 13.8. The third-order valence-electron chi connectivity index (χ3n) is 4.59. The molecule has 0 radical (unpaired) electrons. The fourth-order valence-corrected chi connectivity index (χ4v) is 2.85. The standard InChI is InChI=1S/C17H22N4O/c1-10-11(2)13(4)15-14(12(10)3)19-16(20-15)17-18-6-7-21(17)8-9-22-5/h6-7H,8-9H2,1-5H3,(H,19,20). The SMILES string of the molecule is COCCn1ccnc1-c1nc2c(C)c(C)c(C)c(C)c2[nH]1. The summed E-state index contributed by atoms with van der Waals surface area (Å²) in [7, 11) is 1.70. The Labute approximate surface area is 130 Å². The first-order valence-electron chi connectivity index (χ1n) is 7.51. The lowest BCUT2D eigenvalue weighted by molar-refractivity contribution is 0.187. The molecule has 0 aliphatic heterocycles. The van der Waals surface area contributed by atoms with E-state index in [9.17, 15) is 0 Å². The minimum atomic E-state index is 0.653. The van der Waals surface area contributed by atoms with E-state index in [0.29, 0.717) is 6.61 Å². The average molecular weight is 298 g/mol. The van der Waals surface area contributed by atoms with Crippen LogP contribution in [-0.4, -0.2) is 33.2 Å². The maximum atomic E-state index is 5.16. The fourth-order valence-electron chi connectivity index (χ4n) is 2.85. The van der Waals surface area contributed by atoms with Gasteiger partial charge in [-0.1, -0.05) is 0 Å². The van der Waals surface area contributed by atoms with Gasteiger partial charge in [0.2, 0.25) is 0 Å². The van der Waals surface area contributed by atoms with Crippen LogP contribution >= 0.6 is 0 Å². The first-order valence-corrected chi connectivity index (χ1v) is 7.51. The number of hydrogen-bond acceptors (Lipinski definition) is 3. The number of benzene rings is 1. The molecule has 0 amide bonds. The third-order valence-corrected chi connectivity index (χ3v) is 4.59. The molecule has 0 saturated carbocycles. The van der Waals surface area contributed by atoms with Gasteiger partial charge in [-0.3, -0.25) is 0 Å². The van der Waals surface area contributed by atoms with Gasteiger partial charge in [0.25, 0.3) is 0 Å². The van der Waals surface area contributed by atoms with Crippen molar-refractivity contribution in [2.75, 3.05) is 13.7 Å². The fraction of sp³-hybridized carbons (Fsp3) is 0.412. The topological polar surface area (TPSA) is 55.7 Å². The van der Waals surface area contributed by atoms with E-state index in [1.165, 1.54) is 22.3 Å². The van der Waals surface area contributed by atoms with Crippen LogP contribution in [0.25, 0.3) is 22.7 Å². The molecule has 0 aliphatic rings. The summed E-state index contributed by atoms with van der Waals surface area (Å²) in [5, 5.41) is 0. The molecule has 0 atom stereocenters. The van der Waals surface area contributed by atoms with Gasteiger partial charge in [0.15, 0.2) is 11.6 Å². The van der Waals surface area contributed by atoms with Gasteiger partial charge in [-0.05, 0) is 49.9 Å². The second-order valence-corrected chi connectivity index (χ2v) is 5.75. The summed E-state index contributed by atoms with van der Waals surface area (Å²) in [6, 6.07) is 0. The Kier molecular flexibility index (Phi) is 3.74. The van der Waals surface area contributed by atoms with Crippen LogP contribution in [0.5, 0.6) is 0 Å². The first-order chi connectivity index (χ1) is 10.5. The van der Waals surface area contributed by atoms with Crippen molar-refractivity contribution in [2.45, 2.75) is 34.2 Å². The Balaban J connectivity index is 2.16. The van der Waals surface area contributed by atoms with Crippen LogP contribution in [0.1, 0.15) is 22.3 Å². The molecule has 0 unspecified atom stereocenters. The van der Waals surface area contributed by atoms with Gasteiger partial charge >= 0.3 is 0 Å². The van der Waals surface area contributed by atoms with E-state index in [1.54, 1.807) is 13.3 Å². The number of aromatic nitrogens is 4. The van der Waals surface area contributed by atoms with E-state index in [4.69, 9.17) is 9.72 Å². The molecular weight excluding hydrogens is 276 g/mol. The van der Waals surface area contributed by atoms with Gasteiger partial charge < -0.3 is 14.3 Å². The summed E-state index contributed by atoms with van der Waals surface area (Å²) in [6.45, 7) is 10.0. The molecule has 0 bridgehead atoms. The second kappa shape index (κ2) is 5.57. The van der Waals surface area contributed by atoms with Crippen molar-refractivity contribution in [3.8, 4) is 11.6 Å². The number of hydrogen-bond donors (Lipinski definition) is 1. The van der Waals surface area contributed by atoms with Crippen LogP contribution in [0.15, 0.2) is 12.4 Å². The normalized spacial score (nSPS) is 11.5. The van der Waals surface area contributed by atoms with E-state index in [1.807, 2.05) is 6.20 Å². The summed E-state index contributed by atoms with van der Waals surface area (Å²) >= 11 is 0. The van der Waals surface area contributed by atoms with Crippen molar-refractivity contribution in [3.05, 3.63) is 34.6 Å². The highest BCUT2D eigenvalue weighted by Gasteiger charge is 2.16. The summed E-state index contributed by atoms with van der Waals surface area (Å²) in [4.78, 5) is 12.7. The molecule has 3 aromatic rings. The van der Waals surface area contributed by atoms with E-state index in [2.05, 4.69) is 42.2 Å². The Morgan fingerprint density at radius 3 is 2.55 bits per heavy atom. The van der Waals surface area contributed by atoms with Crippen molar-refractivity contribution < 1.29 is 4.74 Å². The van der Waals surface area contributed by atoms with Crippen LogP contribution in [-0.2, 0) is 11.3 Å². The van der Waals surface area contributed by atoms with Crippen LogP contribution < -0.4 is 0 Å². The molecule has 3 rings (SSSR count). The van der Waals surface area contributed by atoms with E-state index in [-0.39, 0.29) is 0 Å². The number of nitrogens with one attached hydrogen (secondary N) is 1. The number of nitrogens with zero attached hydrogens (tertiary/aromatic N) is 3. The molecule has 1 N–H and O–H groups in total. The number of ether oxygens (including phenoxy) is 1. The van der Waals surface area contributed by atoms with Gasteiger partial charge in [0.05, 0.1) is 17.6 Å². The Hall–Kier alpha value is -2.14. The highest BCUT2D eigenvalue weighted by atomic mass is 16.5. The maximum absolute atomic E-state index is 5.16. The monoisotopic (exact) mass is 298 g/mol. The first kappa shape index (κ1) is 14.8. The van der Waals surface area contributed by atoms with Crippen LogP contribution in [0, 0.1) is 27.7 Å². The highest BCUT2D eigenvalue weighted by molar-refractivity contribution is 5.86. The second-order valence-electron chi connectivity index (χ2n) is 5.75. The van der Waals surface area contributed by atoms with Gasteiger partial charge in [0.1, 0.15) is 0 Å². The molecule has 0 saturated heterocycles. The average Bonchev–Trinajstić information content (AvgIpc) is 3.15. The molecule has 0 spiro atoms. The third kappa shape index (κ3) is 2.22. The minimum Gasteiger partial charge on any atom is -0.383 e. The van der Waals surface area contributed by atoms with Crippen molar-refractivity contribution in [3.63, 3.8) is 0 Å². The molecule has 0 aliphatic carbocycles. The molecule has 1 aromatic carbocycles. The minimum absolute atomic E-state index is 0.653. The Morgan fingerprint density at radius 2 is 1.82 bits per heavy atom. The van der Waals surface area contributed by atoms with Crippen LogP contribution in [0.2, 0.25) is 0 Å².